The van der Waals surface area contributed by atoms with E-state index in [1.807, 2.05) is 24.3 Å². The highest BCUT2D eigenvalue weighted by molar-refractivity contribution is 7.16. The van der Waals surface area contributed by atoms with Gasteiger partial charge in [0.1, 0.15) is 5.75 Å². The number of thiazole rings is 1. The van der Waals surface area contributed by atoms with Crippen LogP contribution in [-0.2, 0) is 17.6 Å². The summed E-state index contributed by atoms with van der Waals surface area (Å²) in [4.78, 5) is 31.4. The van der Waals surface area contributed by atoms with Gasteiger partial charge >= 0.3 is 0 Å². The maximum absolute atomic E-state index is 13.0. The Morgan fingerprint density at radius 3 is 2.91 bits per heavy atom. The summed E-state index contributed by atoms with van der Waals surface area (Å²) in [6.07, 6.45) is 3.20. The van der Waals surface area contributed by atoms with Crippen molar-refractivity contribution in [2.75, 3.05) is 25.8 Å². The monoisotopic (exact) mass is 479 g/mol. The highest BCUT2D eigenvalue weighted by Gasteiger charge is 2.30. The van der Waals surface area contributed by atoms with E-state index < -0.39 is 0 Å². The highest BCUT2D eigenvalue weighted by atomic mass is 32.1. The number of carbonyl (C=O) groups excluding carboxylic acids is 2. The number of rotatable bonds is 7. The minimum Gasteiger partial charge on any atom is -0.496 e. The van der Waals surface area contributed by atoms with Gasteiger partial charge in [-0.05, 0) is 55.5 Å². The summed E-state index contributed by atoms with van der Waals surface area (Å²) in [6, 6.07) is 12.9. The molecule has 1 aromatic heterocycles. The van der Waals surface area contributed by atoms with E-state index in [4.69, 9.17) is 14.2 Å². The number of fused-ring (bicyclic) bond motifs is 2. The van der Waals surface area contributed by atoms with Gasteiger partial charge in [0.2, 0.25) is 12.7 Å². The number of nitrogens with one attached hydrogen (secondary N) is 2. The Bertz CT molecular complexity index is 1230. The van der Waals surface area contributed by atoms with Crippen LogP contribution in [-0.4, -0.2) is 37.2 Å². The maximum Gasteiger partial charge on any atom is 0.257 e. The lowest BCUT2D eigenvalue weighted by atomic mass is 9.90. The van der Waals surface area contributed by atoms with Gasteiger partial charge in [-0.1, -0.05) is 18.2 Å². The van der Waals surface area contributed by atoms with Crippen molar-refractivity contribution in [2.24, 2.45) is 0 Å². The summed E-state index contributed by atoms with van der Waals surface area (Å²) in [6.45, 7) is 0.671. The largest absolute Gasteiger partial charge is 0.496 e. The number of anilines is 1. The molecule has 3 aromatic rings. The van der Waals surface area contributed by atoms with Crippen LogP contribution in [0.4, 0.5) is 5.13 Å². The van der Waals surface area contributed by atoms with Gasteiger partial charge in [0.05, 0.1) is 18.7 Å². The van der Waals surface area contributed by atoms with Gasteiger partial charge in [-0.2, -0.15) is 0 Å². The van der Waals surface area contributed by atoms with Crippen molar-refractivity contribution in [3.05, 3.63) is 64.2 Å². The number of hydrogen-bond donors (Lipinski definition) is 2. The molecular weight excluding hydrogens is 454 g/mol. The summed E-state index contributed by atoms with van der Waals surface area (Å²) >= 11 is 1.44. The molecule has 1 atom stereocenters. The zero-order valence-electron chi connectivity index (χ0n) is 18.8. The van der Waals surface area contributed by atoms with Gasteiger partial charge in [0, 0.05) is 17.0 Å². The lowest BCUT2D eigenvalue weighted by Gasteiger charge is -2.20. The van der Waals surface area contributed by atoms with Gasteiger partial charge in [-0.25, -0.2) is 4.98 Å². The second-order valence-corrected chi connectivity index (χ2v) is 9.23. The molecule has 0 saturated carbocycles. The Kier molecular flexibility index (Phi) is 6.35. The van der Waals surface area contributed by atoms with Crippen LogP contribution >= 0.6 is 11.3 Å². The average molecular weight is 480 g/mol. The van der Waals surface area contributed by atoms with Crippen molar-refractivity contribution < 1.29 is 23.8 Å². The number of amides is 2. The molecule has 0 bridgehead atoms. The number of para-hydroxylation sites is 1. The molecule has 2 N–H and O–H groups in total. The van der Waals surface area contributed by atoms with Crippen molar-refractivity contribution in [2.45, 2.75) is 31.6 Å². The van der Waals surface area contributed by atoms with Crippen LogP contribution in [0.25, 0.3) is 0 Å². The van der Waals surface area contributed by atoms with Crippen LogP contribution in [0.5, 0.6) is 17.2 Å². The van der Waals surface area contributed by atoms with E-state index in [0.29, 0.717) is 35.2 Å². The zero-order valence-corrected chi connectivity index (χ0v) is 19.6. The lowest BCUT2D eigenvalue weighted by Crippen LogP contribution is -2.32. The summed E-state index contributed by atoms with van der Waals surface area (Å²) in [7, 11) is 1.64. The first-order valence-corrected chi connectivity index (χ1v) is 12.0. The van der Waals surface area contributed by atoms with E-state index in [2.05, 4.69) is 15.6 Å². The SMILES string of the molecule is COc1ccccc1CCNC(=O)[C@H]1CCCc2sc(NC(=O)c3ccc4c(c3)OCO4)nc21. The molecule has 0 radical (unpaired) electrons. The second-order valence-electron chi connectivity index (χ2n) is 8.15. The number of nitrogens with zero attached hydrogens (tertiary/aromatic N) is 1. The fraction of sp³-hybridized carbons (Fsp3) is 0.320. The van der Waals surface area contributed by atoms with Crippen LogP contribution in [0.3, 0.4) is 0 Å². The Balaban J connectivity index is 1.23. The Morgan fingerprint density at radius 2 is 2.03 bits per heavy atom. The first-order chi connectivity index (χ1) is 16.6. The third kappa shape index (κ3) is 4.56. The predicted molar refractivity (Wildman–Crippen MR) is 128 cm³/mol. The third-order valence-corrected chi connectivity index (χ3v) is 7.06. The quantitative estimate of drug-likeness (QED) is 0.533. The lowest BCUT2D eigenvalue weighted by molar-refractivity contribution is -0.122. The average Bonchev–Trinajstić information content (AvgIpc) is 3.49. The van der Waals surface area contributed by atoms with E-state index in [-0.39, 0.29) is 24.5 Å². The van der Waals surface area contributed by atoms with Gasteiger partial charge in [-0.15, -0.1) is 11.3 Å². The van der Waals surface area contributed by atoms with E-state index in [9.17, 15) is 9.59 Å². The Labute approximate surface area is 201 Å². The van der Waals surface area contributed by atoms with Crippen molar-refractivity contribution in [1.29, 1.82) is 0 Å². The fourth-order valence-electron chi connectivity index (χ4n) is 4.29. The molecule has 2 amide bonds. The van der Waals surface area contributed by atoms with Crippen molar-refractivity contribution >= 4 is 28.3 Å². The summed E-state index contributed by atoms with van der Waals surface area (Å²) in [5, 5.41) is 6.42. The number of benzene rings is 2. The fourth-order valence-corrected chi connectivity index (χ4v) is 5.35. The molecule has 0 spiro atoms. The molecular formula is C25H25N3O5S. The van der Waals surface area contributed by atoms with E-state index >= 15 is 0 Å². The van der Waals surface area contributed by atoms with Gasteiger partial charge in [0.15, 0.2) is 16.6 Å². The second kappa shape index (κ2) is 9.72. The van der Waals surface area contributed by atoms with Crippen LogP contribution in [0.1, 0.15) is 45.3 Å². The molecule has 2 heterocycles. The van der Waals surface area contributed by atoms with Crippen molar-refractivity contribution in [1.82, 2.24) is 10.3 Å². The van der Waals surface area contributed by atoms with Crippen LogP contribution in [0.15, 0.2) is 42.5 Å². The topological polar surface area (TPSA) is 98.8 Å². The molecule has 1 aliphatic carbocycles. The minimum absolute atomic E-state index is 0.0326. The van der Waals surface area contributed by atoms with Crippen molar-refractivity contribution in [3.63, 3.8) is 0 Å². The maximum atomic E-state index is 13.0. The molecule has 8 nitrogen and oxygen atoms in total. The van der Waals surface area contributed by atoms with Crippen molar-refractivity contribution in [3.8, 4) is 17.2 Å². The predicted octanol–water partition coefficient (Wildman–Crippen LogP) is 3.91. The molecule has 2 aromatic carbocycles. The van der Waals surface area contributed by atoms with E-state index in [0.717, 1.165) is 41.1 Å². The molecule has 34 heavy (non-hydrogen) atoms. The molecule has 5 rings (SSSR count). The summed E-state index contributed by atoms with van der Waals surface area (Å²) in [5.41, 5.74) is 2.28. The number of methoxy groups -OCH3 is 1. The zero-order chi connectivity index (χ0) is 23.5. The molecule has 0 fully saturated rings. The molecule has 0 unspecified atom stereocenters. The highest BCUT2D eigenvalue weighted by Crippen LogP contribution is 2.37. The minimum atomic E-state index is -0.311. The van der Waals surface area contributed by atoms with Crippen LogP contribution in [0.2, 0.25) is 0 Å². The number of hydrogen-bond acceptors (Lipinski definition) is 7. The van der Waals surface area contributed by atoms with E-state index in [1.165, 1.54) is 11.3 Å². The van der Waals surface area contributed by atoms with Gasteiger partial charge in [0.25, 0.3) is 5.91 Å². The summed E-state index contributed by atoms with van der Waals surface area (Å²) in [5.74, 6) is 1.38. The summed E-state index contributed by atoms with van der Waals surface area (Å²) < 4.78 is 16.0. The Morgan fingerprint density at radius 1 is 1.18 bits per heavy atom. The first-order valence-electron chi connectivity index (χ1n) is 11.2. The van der Waals surface area contributed by atoms with E-state index in [1.54, 1.807) is 25.3 Å². The number of carbonyl (C=O) groups is 2. The standard InChI is InChI=1S/C25H25N3O5S/c1-31-18-7-3-2-5-15(18)11-12-26-24(30)17-6-4-8-21-22(17)27-25(34-21)28-23(29)16-9-10-19-20(13-16)33-14-32-19/h2-3,5,7,9-10,13,17H,4,6,8,11-12,14H2,1H3,(H,26,30)(H,27,28,29)/t17-/m0/s1. The molecule has 0 saturated heterocycles. The number of aryl methyl sites for hydroxylation is 1. The van der Waals surface area contributed by atoms with Crippen LogP contribution < -0.4 is 24.8 Å². The number of aromatic nitrogens is 1. The molecule has 1 aliphatic heterocycles. The van der Waals surface area contributed by atoms with Gasteiger partial charge in [-0.3, -0.25) is 14.9 Å². The molecule has 9 heteroatoms. The Hall–Kier alpha value is -3.59. The molecule has 176 valence electrons. The molecule has 2 aliphatic rings. The third-order valence-electron chi connectivity index (χ3n) is 6.01. The van der Waals surface area contributed by atoms with Gasteiger partial charge < -0.3 is 19.5 Å². The normalized spacial score (nSPS) is 16.0. The smallest absolute Gasteiger partial charge is 0.257 e. The first kappa shape index (κ1) is 22.2. The number of ether oxygens (including phenoxy) is 3. The van der Waals surface area contributed by atoms with Crippen LogP contribution in [0, 0.1) is 0 Å².